The van der Waals surface area contributed by atoms with Crippen molar-refractivity contribution in [2.75, 3.05) is 0 Å². The normalized spacial score (nSPS) is 19.7. The number of cyclic esters (lactones) is 1. The van der Waals surface area contributed by atoms with Gasteiger partial charge in [-0.05, 0) is 5.56 Å². The molecule has 1 atom stereocenters. The largest absolute Gasteiger partial charge is 0.442 e. The van der Waals surface area contributed by atoms with E-state index < -0.39 is 23.5 Å². The molecule has 0 aliphatic carbocycles. The first-order valence-corrected chi connectivity index (χ1v) is 6.11. The molecule has 0 spiro atoms. The Hall–Kier alpha value is -1.88. The van der Waals surface area contributed by atoms with E-state index in [4.69, 9.17) is 9.57 Å². The molecule has 1 aliphatic heterocycles. The third-order valence-corrected chi connectivity index (χ3v) is 2.80. The van der Waals surface area contributed by atoms with Crippen LogP contribution in [-0.4, -0.2) is 23.2 Å². The van der Waals surface area contributed by atoms with Crippen LogP contribution in [0.25, 0.3) is 0 Å². The van der Waals surface area contributed by atoms with E-state index in [9.17, 15) is 9.59 Å². The number of amides is 2. The molecule has 1 aliphatic rings. The summed E-state index contributed by atoms with van der Waals surface area (Å²) in [4.78, 5) is 28.9. The Morgan fingerprint density at radius 1 is 1.21 bits per heavy atom. The molecule has 5 nitrogen and oxygen atoms in total. The molecule has 102 valence electrons. The molecule has 19 heavy (non-hydrogen) atoms. The zero-order valence-electron chi connectivity index (χ0n) is 11.3. The first-order chi connectivity index (χ1) is 8.89. The quantitative estimate of drug-likeness (QED) is 0.840. The second-order valence-corrected chi connectivity index (χ2v) is 5.52. The molecular weight excluding hydrogens is 246 g/mol. The second-order valence-electron chi connectivity index (χ2n) is 5.52. The summed E-state index contributed by atoms with van der Waals surface area (Å²) < 4.78 is 5.05. The first-order valence-electron chi connectivity index (χ1n) is 6.11. The Morgan fingerprint density at radius 2 is 1.84 bits per heavy atom. The van der Waals surface area contributed by atoms with E-state index in [2.05, 4.69) is 0 Å². The maximum atomic E-state index is 12.0. The monoisotopic (exact) mass is 263 g/mol. The van der Waals surface area contributed by atoms with Crippen molar-refractivity contribution >= 4 is 12.0 Å². The summed E-state index contributed by atoms with van der Waals surface area (Å²) in [6.45, 7) is 5.66. The lowest BCUT2D eigenvalue weighted by atomic mass is 9.89. The van der Waals surface area contributed by atoms with Crippen molar-refractivity contribution in [1.82, 2.24) is 5.06 Å². The summed E-state index contributed by atoms with van der Waals surface area (Å²) in [5, 5.41) is 0.711. The number of hydrogen-bond acceptors (Lipinski definition) is 4. The lowest BCUT2D eigenvalue weighted by molar-refractivity contribution is -0.168. The van der Waals surface area contributed by atoms with Gasteiger partial charge in [0.15, 0.2) is 6.10 Å². The van der Waals surface area contributed by atoms with Crippen LogP contribution in [0.3, 0.4) is 0 Å². The van der Waals surface area contributed by atoms with Gasteiger partial charge >= 0.3 is 6.09 Å². The Morgan fingerprint density at radius 3 is 2.37 bits per heavy atom. The van der Waals surface area contributed by atoms with Crippen molar-refractivity contribution in [2.45, 2.75) is 33.5 Å². The SMILES string of the molecule is CC(C)(C)C1OC(=O)N(OCc2ccccc2)C1=O. The fourth-order valence-electron chi connectivity index (χ4n) is 1.77. The fraction of sp³-hybridized carbons (Fsp3) is 0.429. The minimum absolute atomic E-state index is 0.151. The maximum Gasteiger partial charge on any atom is 0.442 e. The van der Waals surface area contributed by atoms with Gasteiger partial charge in [-0.15, -0.1) is 5.06 Å². The van der Waals surface area contributed by atoms with E-state index >= 15 is 0 Å². The lowest BCUT2D eigenvalue weighted by Crippen LogP contribution is -2.37. The smallest absolute Gasteiger partial charge is 0.433 e. The molecule has 1 fully saturated rings. The van der Waals surface area contributed by atoms with Gasteiger partial charge in [0.2, 0.25) is 0 Å². The van der Waals surface area contributed by atoms with Crippen LogP contribution in [0.15, 0.2) is 30.3 Å². The van der Waals surface area contributed by atoms with Gasteiger partial charge in [-0.25, -0.2) is 4.79 Å². The highest BCUT2D eigenvalue weighted by molar-refractivity contribution is 5.99. The number of benzene rings is 1. The average Bonchev–Trinajstić information content (AvgIpc) is 2.64. The standard InChI is InChI=1S/C14H17NO4/c1-14(2,3)11-12(16)15(13(17)19-11)18-9-10-7-5-4-6-8-10/h4-8,11H,9H2,1-3H3. The number of imide groups is 1. The Bertz CT molecular complexity index is 478. The summed E-state index contributed by atoms with van der Waals surface area (Å²) in [5.74, 6) is -0.451. The van der Waals surface area contributed by atoms with E-state index in [1.54, 1.807) is 0 Å². The van der Waals surface area contributed by atoms with E-state index in [-0.39, 0.29) is 6.61 Å². The summed E-state index contributed by atoms with van der Waals surface area (Å²) in [6, 6.07) is 9.32. The molecule has 0 aromatic heterocycles. The highest BCUT2D eigenvalue weighted by Crippen LogP contribution is 2.29. The first kappa shape index (κ1) is 13.5. The highest BCUT2D eigenvalue weighted by atomic mass is 16.8. The highest BCUT2D eigenvalue weighted by Gasteiger charge is 2.48. The van der Waals surface area contributed by atoms with Gasteiger partial charge in [0.25, 0.3) is 5.91 Å². The van der Waals surface area contributed by atoms with Gasteiger partial charge in [-0.1, -0.05) is 51.1 Å². The Kier molecular flexibility index (Phi) is 3.57. The van der Waals surface area contributed by atoms with Crippen LogP contribution in [0.1, 0.15) is 26.3 Å². The van der Waals surface area contributed by atoms with E-state index in [1.807, 2.05) is 51.1 Å². The van der Waals surface area contributed by atoms with Crippen molar-refractivity contribution in [3.63, 3.8) is 0 Å². The lowest BCUT2D eigenvalue weighted by Gasteiger charge is -2.22. The van der Waals surface area contributed by atoms with Crippen LogP contribution >= 0.6 is 0 Å². The van der Waals surface area contributed by atoms with Crippen LogP contribution in [-0.2, 0) is 21.0 Å². The van der Waals surface area contributed by atoms with Crippen LogP contribution in [0, 0.1) is 5.41 Å². The van der Waals surface area contributed by atoms with Crippen molar-refractivity contribution < 1.29 is 19.2 Å². The third-order valence-electron chi connectivity index (χ3n) is 2.80. The summed E-state index contributed by atoms with van der Waals surface area (Å²) >= 11 is 0. The van der Waals surface area contributed by atoms with Crippen LogP contribution in [0.4, 0.5) is 4.79 Å². The van der Waals surface area contributed by atoms with Crippen molar-refractivity contribution in [3.8, 4) is 0 Å². The number of rotatable bonds is 3. The maximum absolute atomic E-state index is 12.0. The van der Waals surface area contributed by atoms with E-state index in [0.717, 1.165) is 5.56 Å². The molecule has 1 saturated heterocycles. The van der Waals surface area contributed by atoms with Crippen molar-refractivity contribution in [2.24, 2.45) is 5.41 Å². The number of hydrogen-bond donors (Lipinski definition) is 0. The minimum atomic E-state index is -0.796. The van der Waals surface area contributed by atoms with Crippen LogP contribution < -0.4 is 0 Å². The molecule has 1 unspecified atom stereocenters. The predicted octanol–water partition coefficient (Wildman–Crippen LogP) is 2.51. The molecule has 1 aromatic rings. The van der Waals surface area contributed by atoms with Gasteiger partial charge in [0.05, 0.1) is 0 Å². The second kappa shape index (κ2) is 5.01. The fourth-order valence-corrected chi connectivity index (χ4v) is 1.77. The van der Waals surface area contributed by atoms with E-state index in [0.29, 0.717) is 5.06 Å². The van der Waals surface area contributed by atoms with Gasteiger partial charge in [0, 0.05) is 5.41 Å². The molecule has 5 heteroatoms. The number of carbonyl (C=O) groups is 2. The number of carbonyl (C=O) groups excluding carboxylic acids is 2. The predicted molar refractivity (Wildman–Crippen MR) is 67.8 cm³/mol. The topological polar surface area (TPSA) is 55.8 Å². The van der Waals surface area contributed by atoms with Crippen LogP contribution in [0.5, 0.6) is 0 Å². The van der Waals surface area contributed by atoms with Crippen molar-refractivity contribution in [3.05, 3.63) is 35.9 Å². The number of nitrogens with zero attached hydrogens (tertiary/aromatic N) is 1. The molecule has 1 heterocycles. The van der Waals surface area contributed by atoms with E-state index in [1.165, 1.54) is 0 Å². The molecule has 2 amide bonds. The van der Waals surface area contributed by atoms with Crippen molar-refractivity contribution in [1.29, 1.82) is 0 Å². The number of hydroxylamine groups is 2. The Balaban J connectivity index is 2.02. The van der Waals surface area contributed by atoms with Gasteiger partial charge in [-0.2, -0.15) is 0 Å². The van der Waals surface area contributed by atoms with Crippen LogP contribution in [0.2, 0.25) is 0 Å². The zero-order chi connectivity index (χ0) is 14.0. The molecule has 0 radical (unpaired) electrons. The minimum Gasteiger partial charge on any atom is -0.433 e. The molecule has 1 aromatic carbocycles. The number of ether oxygens (including phenoxy) is 1. The van der Waals surface area contributed by atoms with Gasteiger partial charge in [-0.3, -0.25) is 9.63 Å². The summed E-state index contributed by atoms with van der Waals surface area (Å²) in [7, 11) is 0. The van der Waals surface area contributed by atoms with Gasteiger partial charge in [0.1, 0.15) is 6.61 Å². The summed E-state index contributed by atoms with van der Waals surface area (Å²) in [6.07, 6.45) is -1.54. The average molecular weight is 263 g/mol. The Labute approximate surface area is 112 Å². The summed E-state index contributed by atoms with van der Waals surface area (Å²) in [5.41, 5.74) is 0.430. The molecule has 0 bridgehead atoms. The molecule has 0 saturated carbocycles. The molecule has 2 rings (SSSR count). The molecule has 0 N–H and O–H groups in total. The molecular formula is C14H17NO4. The zero-order valence-corrected chi connectivity index (χ0v) is 11.3. The van der Waals surface area contributed by atoms with Gasteiger partial charge < -0.3 is 4.74 Å². The third kappa shape index (κ3) is 2.93.